The third-order valence-corrected chi connectivity index (χ3v) is 3.66. The largest absolute Gasteiger partial charge is 0.594 e. The van der Waals surface area contributed by atoms with Crippen LogP contribution in [0.4, 0.5) is 0 Å². The highest BCUT2D eigenvalue weighted by Gasteiger charge is 2.16. The summed E-state index contributed by atoms with van der Waals surface area (Å²) >= 11 is 0. The van der Waals surface area contributed by atoms with Crippen LogP contribution in [0, 0.1) is 5.21 Å². The number of carbonyl (C=O) groups excluding carboxylic acids is 1. The minimum absolute atomic E-state index is 0.0979. The first kappa shape index (κ1) is 18.2. The van der Waals surface area contributed by atoms with Gasteiger partial charge in [-0.3, -0.25) is 0 Å². The van der Waals surface area contributed by atoms with E-state index in [0.29, 0.717) is 27.6 Å². The lowest BCUT2D eigenvalue weighted by atomic mass is 10.3. The fourth-order valence-corrected chi connectivity index (χ4v) is 2.29. The summed E-state index contributed by atoms with van der Waals surface area (Å²) in [6.07, 6.45) is -0.734. The average Bonchev–Trinajstić information content (AvgIpc) is 2.68. The van der Waals surface area contributed by atoms with E-state index in [1.807, 2.05) is 0 Å². The van der Waals surface area contributed by atoms with Crippen LogP contribution in [-0.2, 0) is 9.53 Å². The summed E-state index contributed by atoms with van der Waals surface area (Å²) in [6, 6.07) is 11.2. The molecule has 27 heavy (non-hydrogen) atoms. The Morgan fingerprint density at radius 2 is 1.74 bits per heavy atom. The molecule has 1 aromatic heterocycles. The molecule has 140 valence electrons. The van der Waals surface area contributed by atoms with Crippen molar-refractivity contribution in [2.24, 2.45) is 0 Å². The molecule has 9 heteroatoms. The van der Waals surface area contributed by atoms with Crippen LogP contribution in [0.2, 0.25) is 0 Å². The third kappa shape index (κ3) is 4.14. The highest BCUT2D eigenvalue weighted by Crippen LogP contribution is 2.23. The SMILES string of the molecule is COC(=O)C(C)Oc1ccc(Oc2nc3ccc(OC)cc3[n+]([O-])n2)cc1. The van der Waals surface area contributed by atoms with Gasteiger partial charge in [-0.05, 0) is 48.2 Å². The van der Waals surface area contributed by atoms with Crippen molar-refractivity contribution >= 4 is 17.0 Å². The number of rotatable bonds is 6. The first-order chi connectivity index (χ1) is 13.0. The molecule has 0 saturated heterocycles. The Bertz CT molecular complexity index is 961. The maximum absolute atomic E-state index is 12.1. The van der Waals surface area contributed by atoms with E-state index in [1.54, 1.807) is 49.4 Å². The molecule has 2 aromatic carbocycles. The summed E-state index contributed by atoms with van der Waals surface area (Å²) in [4.78, 5) is 16.0. The molecule has 0 N–H and O–H groups in total. The van der Waals surface area contributed by atoms with E-state index in [9.17, 15) is 10.0 Å². The third-order valence-electron chi connectivity index (χ3n) is 3.66. The fourth-order valence-electron chi connectivity index (χ4n) is 2.29. The summed E-state index contributed by atoms with van der Waals surface area (Å²) in [5.41, 5.74) is 0.685. The number of methoxy groups -OCH3 is 2. The molecule has 0 aliphatic rings. The van der Waals surface area contributed by atoms with Crippen molar-refractivity contribution in [3.63, 3.8) is 0 Å². The number of aromatic nitrogens is 3. The molecular formula is C18H17N3O6. The summed E-state index contributed by atoms with van der Waals surface area (Å²) in [6.45, 7) is 1.58. The van der Waals surface area contributed by atoms with Crippen LogP contribution in [0.1, 0.15) is 6.92 Å². The molecule has 0 radical (unpaired) electrons. The van der Waals surface area contributed by atoms with Gasteiger partial charge in [0, 0.05) is 0 Å². The van der Waals surface area contributed by atoms with Crippen LogP contribution in [0.5, 0.6) is 23.3 Å². The van der Waals surface area contributed by atoms with Gasteiger partial charge in [-0.15, -0.1) is 0 Å². The molecule has 0 spiro atoms. The monoisotopic (exact) mass is 371 g/mol. The highest BCUT2D eigenvalue weighted by atomic mass is 16.6. The standard InChI is InChI=1S/C18H17N3O6/c1-11(17(22)25-3)26-12-4-6-13(7-5-12)27-18-19-15-9-8-14(24-2)10-16(15)21(23)20-18/h4-11H,1-3H3. The van der Waals surface area contributed by atoms with Crippen LogP contribution in [-0.4, -0.2) is 36.4 Å². The molecule has 0 aliphatic carbocycles. The Kier molecular flexibility index (Phi) is 5.20. The van der Waals surface area contributed by atoms with Crippen LogP contribution < -0.4 is 19.1 Å². The lowest BCUT2D eigenvalue weighted by Crippen LogP contribution is -2.32. The summed E-state index contributed by atoms with van der Waals surface area (Å²) in [5.74, 6) is 0.921. The first-order valence-corrected chi connectivity index (χ1v) is 7.98. The van der Waals surface area contributed by atoms with Gasteiger partial charge in [-0.1, -0.05) is 0 Å². The predicted molar refractivity (Wildman–Crippen MR) is 93.7 cm³/mol. The Labute approximate surface area is 154 Å². The van der Waals surface area contributed by atoms with Gasteiger partial charge in [0.1, 0.15) is 22.8 Å². The molecule has 1 heterocycles. The van der Waals surface area contributed by atoms with Gasteiger partial charge in [0.2, 0.25) is 0 Å². The number of fused-ring (bicyclic) bond motifs is 1. The van der Waals surface area contributed by atoms with Crippen molar-refractivity contribution in [1.82, 2.24) is 10.1 Å². The van der Waals surface area contributed by atoms with Crippen molar-refractivity contribution in [3.8, 4) is 23.3 Å². The number of hydrogen-bond donors (Lipinski definition) is 0. The maximum Gasteiger partial charge on any atom is 0.386 e. The molecule has 0 aliphatic heterocycles. The van der Waals surface area contributed by atoms with E-state index in [1.165, 1.54) is 14.2 Å². The number of ether oxygens (including phenoxy) is 4. The molecule has 0 amide bonds. The smallest absolute Gasteiger partial charge is 0.386 e. The molecule has 1 unspecified atom stereocenters. The molecule has 1 atom stereocenters. The lowest BCUT2D eigenvalue weighted by molar-refractivity contribution is -0.643. The fraction of sp³-hybridized carbons (Fsp3) is 0.222. The van der Waals surface area contributed by atoms with Gasteiger partial charge in [0.25, 0.3) is 5.52 Å². The molecule has 3 rings (SSSR count). The maximum atomic E-state index is 12.1. The Hall–Kier alpha value is -3.62. The zero-order valence-corrected chi connectivity index (χ0v) is 14.9. The summed E-state index contributed by atoms with van der Waals surface area (Å²) < 4.78 is 20.7. The van der Waals surface area contributed by atoms with E-state index in [0.717, 1.165) is 0 Å². The molecule has 0 saturated carbocycles. The van der Waals surface area contributed by atoms with Crippen molar-refractivity contribution < 1.29 is 28.6 Å². The quantitative estimate of drug-likeness (QED) is 0.368. The first-order valence-electron chi connectivity index (χ1n) is 7.98. The second-order valence-electron chi connectivity index (χ2n) is 5.48. The van der Waals surface area contributed by atoms with Gasteiger partial charge >= 0.3 is 12.0 Å². The summed E-state index contributed by atoms with van der Waals surface area (Å²) in [5, 5.41) is 15.8. The molecule has 0 fully saturated rings. The van der Waals surface area contributed by atoms with E-state index in [2.05, 4.69) is 14.8 Å². The highest BCUT2D eigenvalue weighted by molar-refractivity contribution is 5.74. The van der Waals surface area contributed by atoms with Gasteiger partial charge in [-0.2, -0.15) is 4.98 Å². The van der Waals surface area contributed by atoms with Crippen molar-refractivity contribution in [3.05, 3.63) is 47.7 Å². The normalized spacial score (nSPS) is 11.7. The van der Waals surface area contributed by atoms with E-state index in [-0.39, 0.29) is 11.5 Å². The minimum atomic E-state index is -0.734. The topological polar surface area (TPSA) is 107 Å². The number of nitrogens with zero attached hydrogens (tertiary/aromatic N) is 3. The number of hydrogen-bond acceptors (Lipinski definition) is 8. The van der Waals surface area contributed by atoms with Gasteiger partial charge in [0.15, 0.2) is 6.10 Å². The summed E-state index contributed by atoms with van der Waals surface area (Å²) in [7, 11) is 2.80. The Balaban J connectivity index is 1.76. The van der Waals surface area contributed by atoms with E-state index in [4.69, 9.17) is 14.2 Å². The average molecular weight is 371 g/mol. The van der Waals surface area contributed by atoms with Gasteiger partial charge < -0.3 is 24.2 Å². The van der Waals surface area contributed by atoms with Gasteiger partial charge in [0.05, 0.1) is 25.4 Å². The molecule has 9 nitrogen and oxygen atoms in total. The van der Waals surface area contributed by atoms with Gasteiger partial charge in [-0.25, -0.2) is 4.79 Å². The zero-order chi connectivity index (χ0) is 19.4. The predicted octanol–water partition coefficient (Wildman–Crippen LogP) is 2.00. The van der Waals surface area contributed by atoms with Crippen LogP contribution >= 0.6 is 0 Å². The van der Waals surface area contributed by atoms with E-state index >= 15 is 0 Å². The minimum Gasteiger partial charge on any atom is -0.594 e. The second-order valence-corrected chi connectivity index (χ2v) is 5.48. The number of carbonyl (C=O) groups is 1. The van der Waals surface area contributed by atoms with E-state index < -0.39 is 12.1 Å². The van der Waals surface area contributed by atoms with Crippen LogP contribution in [0.3, 0.4) is 0 Å². The molecular weight excluding hydrogens is 354 g/mol. The second kappa shape index (κ2) is 7.73. The number of benzene rings is 2. The Morgan fingerprint density at radius 3 is 2.41 bits per heavy atom. The Morgan fingerprint density at radius 1 is 1.07 bits per heavy atom. The van der Waals surface area contributed by atoms with Crippen molar-refractivity contribution in [2.75, 3.05) is 14.2 Å². The van der Waals surface area contributed by atoms with Crippen LogP contribution in [0.25, 0.3) is 11.0 Å². The van der Waals surface area contributed by atoms with Crippen molar-refractivity contribution in [2.45, 2.75) is 13.0 Å². The van der Waals surface area contributed by atoms with Crippen molar-refractivity contribution in [1.29, 1.82) is 0 Å². The number of esters is 1. The van der Waals surface area contributed by atoms with Crippen LogP contribution in [0.15, 0.2) is 42.5 Å². The lowest BCUT2D eigenvalue weighted by Gasteiger charge is -2.12. The molecule has 0 bridgehead atoms. The molecule has 3 aromatic rings. The zero-order valence-electron chi connectivity index (χ0n) is 14.9.